The maximum Gasteiger partial charge on any atom is 0.0642 e. The number of hydrogen-bond acceptors (Lipinski definition) is 1. The van der Waals surface area contributed by atoms with Gasteiger partial charge in [0.05, 0.1) is 10.7 Å². The van der Waals surface area contributed by atoms with E-state index in [0.29, 0.717) is 6.04 Å². The van der Waals surface area contributed by atoms with Crippen LogP contribution < -0.4 is 4.90 Å². The Labute approximate surface area is 97.0 Å². The molecule has 1 nitrogen and oxygen atoms in total. The van der Waals surface area contributed by atoms with Gasteiger partial charge in [0, 0.05) is 12.6 Å². The smallest absolute Gasteiger partial charge is 0.0642 e. The highest BCUT2D eigenvalue weighted by Gasteiger charge is 2.25. The summed E-state index contributed by atoms with van der Waals surface area (Å²) in [6.45, 7) is 5.64. The SMILES string of the molecule is CCC(CC)N1CCc2cccc(Cl)c21. The lowest BCUT2D eigenvalue weighted by atomic mass is 10.1. The van der Waals surface area contributed by atoms with Crippen LogP contribution >= 0.6 is 11.6 Å². The summed E-state index contributed by atoms with van der Waals surface area (Å²) in [5.74, 6) is 0. The van der Waals surface area contributed by atoms with E-state index in [0.717, 1.165) is 18.0 Å². The van der Waals surface area contributed by atoms with Crippen LogP contribution in [0.1, 0.15) is 32.3 Å². The van der Waals surface area contributed by atoms with Gasteiger partial charge in [-0.25, -0.2) is 0 Å². The van der Waals surface area contributed by atoms with Crippen molar-refractivity contribution in [1.29, 1.82) is 0 Å². The molecule has 0 saturated heterocycles. The molecule has 2 rings (SSSR count). The molecule has 2 heteroatoms. The van der Waals surface area contributed by atoms with E-state index < -0.39 is 0 Å². The van der Waals surface area contributed by atoms with Crippen LogP contribution in [0.4, 0.5) is 5.69 Å². The topological polar surface area (TPSA) is 3.24 Å². The molecule has 1 aromatic rings. The lowest BCUT2D eigenvalue weighted by Gasteiger charge is -2.29. The summed E-state index contributed by atoms with van der Waals surface area (Å²) >= 11 is 6.28. The third-order valence-corrected chi connectivity index (χ3v) is 3.67. The second-order valence-electron chi connectivity index (χ2n) is 4.16. The van der Waals surface area contributed by atoms with Gasteiger partial charge in [0.2, 0.25) is 0 Å². The van der Waals surface area contributed by atoms with E-state index in [-0.39, 0.29) is 0 Å². The van der Waals surface area contributed by atoms with Gasteiger partial charge < -0.3 is 4.90 Å². The Bertz CT molecular complexity index is 344. The third kappa shape index (κ3) is 1.85. The highest BCUT2D eigenvalue weighted by molar-refractivity contribution is 6.33. The predicted molar refractivity (Wildman–Crippen MR) is 66.9 cm³/mol. The van der Waals surface area contributed by atoms with Crippen LogP contribution in [0.15, 0.2) is 18.2 Å². The van der Waals surface area contributed by atoms with E-state index in [1.807, 2.05) is 6.07 Å². The zero-order valence-electron chi connectivity index (χ0n) is 9.46. The average Bonchev–Trinajstić information content (AvgIpc) is 2.66. The van der Waals surface area contributed by atoms with Crippen LogP contribution in [0.3, 0.4) is 0 Å². The van der Waals surface area contributed by atoms with E-state index >= 15 is 0 Å². The van der Waals surface area contributed by atoms with Gasteiger partial charge in [0.15, 0.2) is 0 Å². The molecule has 0 atom stereocenters. The van der Waals surface area contributed by atoms with Crippen molar-refractivity contribution in [2.45, 2.75) is 39.2 Å². The minimum atomic E-state index is 0.645. The predicted octanol–water partition coefficient (Wildman–Crippen LogP) is 3.89. The molecule has 0 aromatic heterocycles. The minimum absolute atomic E-state index is 0.645. The second kappa shape index (κ2) is 4.44. The first-order valence-electron chi connectivity index (χ1n) is 5.82. The summed E-state index contributed by atoms with van der Waals surface area (Å²) < 4.78 is 0. The zero-order chi connectivity index (χ0) is 10.8. The number of anilines is 1. The van der Waals surface area contributed by atoms with Gasteiger partial charge in [0.25, 0.3) is 0 Å². The highest BCUT2D eigenvalue weighted by Crippen LogP contribution is 2.37. The number of nitrogens with zero attached hydrogens (tertiary/aromatic N) is 1. The number of para-hydroxylation sites is 1. The molecule has 15 heavy (non-hydrogen) atoms. The largest absolute Gasteiger partial charge is 0.367 e. The lowest BCUT2D eigenvalue weighted by Crippen LogP contribution is -2.32. The molecule has 0 bridgehead atoms. The molecule has 0 spiro atoms. The third-order valence-electron chi connectivity index (χ3n) is 3.36. The fraction of sp³-hybridized carbons (Fsp3) is 0.538. The number of fused-ring (bicyclic) bond motifs is 1. The Balaban J connectivity index is 2.34. The quantitative estimate of drug-likeness (QED) is 0.752. The molecule has 1 aliphatic heterocycles. The fourth-order valence-electron chi connectivity index (χ4n) is 2.53. The molecule has 82 valence electrons. The van der Waals surface area contributed by atoms with E-state index in [1.165, 1.54) is 24.1 Å². The summed E-state index contributed by atoms with van der Waals surface area (Å²) in [5.41, 5.74) is 2.70. The van der Waals surface area contributed by atoms with E-state index in [2.05, 4.69) is 30.9 Å². The monoisotopic (exact) mass is 223 g/mol. The molecule has 0 saturated carbocycles. The minimum Gasteiger partial charge on any atom is -0.367 e. The fourth-order valence-corrected chi connectivity index (χ4v) is 2.83. The molecular weight excluding hydrogens is 206 g/mol. The molecule has 0 aliphatic carbocycles. The maximum absolute atomic E-state index is 6.28. The summed E-state index contributed by atoms with van der Waals surface area (Å²) in [7, 11) is 0. The van der Waals surface area contributed by atoms with Crippen LogP contribution in [0.2, 0.25) is 5.02 Å². The van der Waals surface area contributed by atoms with Gasteiger partial charge in [-0.1, -0.05) is 37.6 Å². The van der Waals surface area contributed by atoms with E-state index in [9.17, 15) is 0 Å². The van der Waals surface area contributed by atoms with Crippen LogP contribution in [0.25, 0.3) is 0 Å². The second-order valence-corrected chi connectivity index (χ2v) is 4.57. The van der Waals surface area contributed by atoms with Gasteiger partial charge in [0.1, 0.15) is 0 Å². The van der Waals surface area contributed by atoms with Crippen LogP contribution in [-0.4, -0.2) is 12.6 Å². The first kappa shape index (κ1) is 10.8. The summed E-state index contributed by atoms with van der Waals surface area (Å²) in [6, 6.07) is 6.90. The van der Waals surface area contributed by atoms with Crippen molar-refractivity contribution in [3.63, 3.8) is 0 Å². The van der Waals surface area contributed by atoms with Crippen molar-refractivity contribution in [3.8, 4) is 0 Å². The molecule has 1 aromatic carbocycles. The zero-order valence-corrected chi connectivity index (χ0v) is 10.2. The summed E-state index contributed by atoms with van der Waals surface area (Å²) in [5, 5.41) is 0.914. The average molecular weight is 224 g/mol. The number of rotatable bonds is 3. The van der Waals surface area contributed by atoms with Crippen molar-refractivity contribution >= 4 is 17.3 Å². The van der Waals surface area contributed by atoms with Gasteiger partial charge in [-0.15, -0.1) is 0 Å². The Morgan fingerprint density at radius 2 is 2.07 bits per heavy atom. The standard InChI is InChI=1S/C13H18ClN/c1-3-11(4-2)15-9-8-10-6-5-7-12(14)13(10)15/h5-7,11H,3-4,8-9H2,1-2H3. The van der Waals surface area contributed by atoms with Crippen molar-refractivity contribution < 1.29 is 0 Å². The molecular formula is C13H18ClN. The maximum atomic E-state index is 6.28. The molecule has 0 amide bonds. The van der Waals surface area contributed by atoms with Crippen molar-refractivity contribution in [2.24, 2.45) is 0 Å². The molecule has 0 unspecified atom stereocenters. The Kier molecular flexibility index (Phi) is 3.20. The Hall–Kier alpha value is -0.690. The molecule has 1 aliphatic rings. The number of halogens is 1. The summed E-state index contributed by atoms with van der Waals surface area (Å²) in [4.78, 5) is 2.48. The molecule has 0 fully saturated rings. The van der Waals surface area contributed by atoms with Crippen molar-refractivity contribution in [3.05, 3.63) is 28.8 Å². The highest BCUT2D eigenvalue weighted by atomic mass is 35.5. The Morgan fingerprint density at radius 1 is 1.33 bits per heavy atom. The van der Waals surface area contributed by atoms with Crippen molar-refractivity contribution in [2.75, 3.05) is 11.4 Å². The first-order valence-corrected chi connectivity index (χ1v) is 6.19. The van der Waals surface area contributed by atoms with Gasteiger partial charge in [-0.3, -0.25) is 0 Å². The van der Waals surface area contributed by atoms with Gasteiger partial charge >= 0.3 is 0 Å². The normalized spacial score (nSPS) is 14.8. The van der Waals surface area contributed by atoms with E-state index in [1.54, 1.807) is 0 Å². The molecule has 1 heterocycles. The van der Waals surface area contributed by atoms with Crippen LogP contribution in [-0.2, 0) is 6.42 Å². The van der Waals surface area contributed by atoms with Gasteiger partial charge in [-0.2, -0.15) is 0 Å². The Morgan fingerprint density at radius 3 is 2.73 bits per heavy atom. The number of hydrogen-bond donors (Lipinski definition) is 0. The van der Waals surface area contributed by atoms with Gasteiger partial charge in [-0.05, 0) is 30.9 Å². The first-order chi connectivity index (χ1) is 7.27. The summed E-state index contributed by atoms with van der Waals surface area (Å²) in [6.07, 6.45) is 3.54. The van der Waals surface area contributed by atoms with E-state index in [4.69, 9.17) is 11.6 Å². The lowest BCUT2D eigenvalue weighted by molar-refractivity contribution is 0.571. The van der Waals surface area contributed by atoms with Crippen LogP contribution in [0.5, 0.6) is 0 Å². The number of benzene rings is 1. The molecule has 0 N–H and O–H groups in total. The molecule has 0 radical (unpaired) electrons. The van der Waals surface area contributed by atoms with Crippen LogP contribution in [0, 0.1) is 0 Å². The van der Waals surface area contributed by atoms with Crippen molar-refractivity contribution in [1.82, 2.24) is 0 Å².